The molecule has 2 aliphatic rings. The van der Waals surface area contributed by atoms with Gasteiger partial charge in [-0.15, -0.1) is 0 Å². The van der Waals surface area contributed by atoms with Crippen molar-refractivity contribution in [3.8, 4) is 5.75 Å². The van der Waals surface area contributed by atoms with Gasteiger partial charge in [0.25, 0.3) is 0 Å². The number of benzene rings is 1. The average molecular weight is 308 g/mol. The highest BCUT2D eigenvalue weighted by Gasteiger charge is 2.42. The van der Waals surface area contributed by atoms with Crippen LogP contribution < -0.4 is 4.74 Å². The maximum absolute atomic E-state index is 11.1. The van der Waals surface area contributed by atoms with Crippen molar-refractivity contribution < 1.29 is 14.6 Å². The molecule has 1 aromatic rings. The summed E-state index contributed by atoms with van der Waals surface area (Å²) >= 11 is 2.09. The zero-order valence-corrected chi connectivity index (χ0v) is 13.4. The maximum Gasteiger partial charge on any atom is 0.119 e. The first kappa shape index (κ1) is 15.2. The van der Waals surface area contributed by atoms with Crippen LogP contribution in [-0.4, -0.2) is 35.9 Å². The first-order chi connectivity index (χ1) is 10.2. The highest BCUT2D eigenvalue weighted by Crippen LogP contribution is 2.49. The molecule has 0 saturated carbocycles. The summed E-state index contributed by atoms with van der Waals surface area (Å²) in [5, 5.41) is 12.3. The number of ether oxygens (including phenoxy) is 2. The van der Waals surface area contributed by atoms with Gasteiger partial charge in [0, 0.05) is 17.6 Å². The number of fused-ring (bicyclic) bond motifs is 2. The van der Waals surface area contributed by atoms with E-state index in [2.05, 4.69) is 11.8 Å². The van der Waals surface area contributed by atoms with Crippen LogP contribution in [0.4, 0.5) is 0 Å². The Morgan fingerprint density at radius 1 is 1.14 bits per heavy atom. The Hall–Kier alpha value is -0.710. The zero-order chi connectivity index (χ0) is 14.7. The number of thioether (sulfide) groups is 1. The largest absolute Gasteiger partial charge is 0.491 e. The molecule has 2 fully saturated rings. The molecule has 2 saturated heterocycles. The van der Waals surface area contributed by atoms with Gasteiger partial charge < -0.3 is 14.6 Å². The molecule has 3 nitrogen and oxygen atoms in total. The molecule has 1 N–H and O–H groups in total. The summed E-state index contributed by atoms with van der Waals surface area (Å²) in [5.74, 6) is 0.838. The van der Waals surface area contributed by atoms with Crippen molar-refractivity contribution in [2.75, 3.05) is 20.3 Å². The summed E-state index contributed by atoms with van der Waals surface area (Å²) in [6.45, 7) is 1.15. The van der Waals surface area contributed by atoms with E-state index >= 15 is 0 Å². The molecular formula is C17H24O3S. The van der Waals surface area contributed by atoms with E-state index in [9.17, 15) is 5.11 Å². The molecule has 0 aromatic heterocycles. The fourth-order valence-electron chi connectivity index (χ4n) is 3.46. The Morgan fingerprint density at radius 3 is 2.43 bits per heavy atom. The molecule has 0 amide bonds. The Balaban J connectivity index is 1.68. The van der Waals surface area contributed by atoms with Crippen LogP contribution in [0.2, 0.25) is 0 Å². The fourth-order valence-corrected chi connectivity index (χ4v) is 5.35. The van der Waals surface area contributed by atoms with Crippen molar-refractivity contribution in [2.45, 2.75) is 48.2 Å². The van der Waals surface area contributed by atoms with E-state index in [0.717, 1.165) is 24.2 Å². The second kappa shape index (κ2) is 6.59. The number of methoxy groups -OCH3 is 1. The monoisotopic (exact) mass is 308 g/mol. The molecule has 21 heavy (non-hydrogen) atoms. The molecule has 4 heteroatoms. The van der Waals surface area contributed by atoms with Crippen LogP contribution in [-0.2, 0) is 10.3 Å². The molecule has 2 atom stereocenters. The number of hydrogen-bond acceptors (Lipinski definition) is 4. The summed E-state index contributed by atoms with van der Waals surface area (Å²) < 4.78 is 10.6. The maximum atomic E-state index is 11.1. The topological polar surface area (TPSA) is 38.7 Å². The van der Waals surface area contributed by atoms with Crippen LogP contribution in [0.25, 0.3) is 0 Å². The Morgan fingerprint density at radius 2 is 1.81 bits per heavy atom. The van der Waals surface area contributed by atoms with E-state index < -0.39 is 5.60 Å². The third-order valence-electron chi connectivity index (χ3n) is 4.52. The lowest BCUT2D eigenvalue weighted by Gasteiger charge is -2.44. The molecule has 1 aromatic carbocycles. The normalized spacial score (nSPS) is 31.9. The second-order valence-electron chi connectivity index (χ2n) is 6.12. The summed E-state index contributed by atoms with van der Waals surface area (Å²) in [4.78, 5) is 0. The SMILES string of the molecule is COCCOc1ccc(C2(O)CC3CCCC(C2)S3)cc1. The minimum absolute atomic E-state index is 0.556. The summed E-state index contributed by atoms with van der Waals surface area (Å²) in [6, 6.07) is 7.96. The fraction of sp³-hybridized carbons (Fsp3) is 0.647. The van der Waals surface area contributed by atoms with Crippen LogP contribution >= 0.6 is 11.8 Å². The van der Waals surface area contributed by atoms with Gasteiger partial charge in [-0.2, -0.15) is 11.8 Å². The van der Waals surface area contributed by atoms with E-state index in [1.807, 2.05) is 24.3 Å². The molecule has 2 unspecified atom stereocenters. The summed E-state index contributed by atoms with van der Waals surface area (Å²) in [5.41, 5.74) is 0.394. The van der Waals surface area contributed by atoms with Crippen molar-refractivity contribution >= 4 is 11.8 Å². The van der Waals surface area contributed by atoms with E-state index in [-0.39, 0.29) is 0 Å². The second-order valence-corrected chi connectivity index (χ2v) is 7.72. The highest BCUT2D eigenvalue weighted by atomic mass is 32.2. The smallest absolute Gasteiger partial charge is 0.119 e. The molecule has 116 valence electrons. The minimum atomic E-state index is -0.647. The zero-order valence-electron chi connectivity index (χ0n) is 12.6. The van der Waals surface area contributed by atoms with Gasteiger partial charge in [0.05, 0.1) is 12.2 Å². The molecule has 3 rings (SSSR count). The van der Waals surface area contributed by atoms with Crippen molar-refractivity contribution in [3.05, 3.63) is 29.8 Å². The van der Waals surface area contributed by atoms with E-state index in [4.69, 9.17) is 9.47 Å². The van der Waals surface area contributed by atoms with Crippen molar-refractivity contribution in [1.82, 2.24) is 0 Å². The van der Waals surface area contributed by atoms with Crippen molar-refractivity contribution in [1.29, 1.82) is 0 Å². The summed E-state index contributed by atoms with van der Waals surface area (Å²) in [6.07, 6.45) is 5.60. The van der Waals surface area contributed by atoms with Crippen LogP contribution in [0, 0.1) is 0 Å². The molecule has 2 bridgehead atoms. The van der Waals surface area contributed by atoms with Gasteiger partial charge in [-0.25, -0.2) is 0 Å². The van der Waals surface area contributed by atoms with Gasteiger partial charge in [-0.1, -0.05) is 18.6 Å². The summed E-state index contributed by atoms with van der Waals surface area (Å²) in [7, 11) is 1.67. The Bertz CT molecular complexity index is 448. The quantitative estimate of drug-likeness (QED) is 0.847. The predicted octanol–water partition coefficient (Wildman–Crippen LogP) is 3.35. The third kappa shape index (κ3) is 3.55. The van der Waals surface area contributed by atoms with Gasteiger partial charge >= 0.3 is 0 Å². The van der Waals surface area contributed by atoms with Crippen LogP contribution in [0.15, 0.2) is 24.3 Å². The van der Waals surface area contributed by atoms with Gasteiger partial charge in [0.2, 0.25) is 0 Å². The molecular weight excluding hydrogens is 284 g/mol. The van der Waals surface area contributed by atoms with E-state index in [1.165, 1.54) is 19.3 Å². The molecule has 2 heterocycles. The van der Waals surface area contributed by atoms with Gasteiger partial charge in [0.15, 0.2) is 0 Å². The highest BCUT2D eigenvalue weighted by molar-refractivity contribution is 8.00. The van der Waals surface area contributed by atoms with Gasteiger partial charge in [0.1, 0.15) is 12.4 Å². The van der Waals surface area contributed by atoms with E-state index in [1.54, 1.807) is 7.11 Å². The first-order valence-electron chi connectivity index (χ1n) is 7.80. The third-order valence-corrected chi connectivity index (χ3v) is 6.09. The lowest BCUT2D eigenvalue weighted by Crippen LogP contribution is -2.40. The number of rotatable bonds is 5. The van der Waals surface area contributed by atoms with E-state index in [0.29, 0.717) is 23.7 Å². The number of aliphatic hydroxyl groups is 1. The van der Waals surface area contributed by atoms with Crippen LogP contribution in [0.5, 0.6) is 5.75 Å². The average Bonchev–Trinajstić information content (AvgIpc) is 2.47. The lowest BCUT2D eigenvalue weighted by atomic mass is 9.80. The van der Waals surface area contributed by atoms with Gasteiger partial charge in [-0.05, 0) is 43.4 Å². The first-order valence-corrected chi connectivity index (χ1v) is 8.74. The molecule has 0 spiro atoms. The lowest BCUT2D eigenvalue weighted by molar-refractivity contribution is 0.00808. The van der Waals surface area contributed by atoms with Crippen molar-refractivity contribution in [2.24, 2.45) is 0 Å². The van der Waals surface area contributed by atoms with Gasteiger partial charge in [-0.3, -0.25) is 0 Å². The molecule has 2 aliphatic heterocycles. The number of hydrogen-bond donors (Lipinski definition) is 1. The Kier molecular flexibility index (Phi) is 4.77. The molecule has 0 aliphatic carbocycles. The predicted molar refractivity (Wildman–Crippen MR) is 86.0 cm³/mol. The standard InChI is InChI=1S/C17H24O3S/c1-19-9-10-20-14-7-5-13(6-8-14)17(18)11-15-3-2-4-16(12-17)21-15/h5-8,15-16,18H,2-4,9-12H2,1H3. The van der Waals surface area contributed by atoms with Crippen molar-refractivity contribution in [3.63, 3.8) is 0 Å². The molecule has 0 radical (unpaired) electrons. The van der Waals surface area contributed by atoms with Crippen LogP contribution in [0.3, 0.4) is 0 Å². The Labute approximate surface area is 131 Å². The minimum Gasteiger partial charge on any atom is -0.491 e. The van der Waals surface area contributed by atoms with Crippen LogP contribution in [0.1, 0.15) is 37.7 Å².